The third-order valence-corrected chi connectivity index (χ3v) is 2.97. The van der Waals surface area contributed by atoms with Crippen LogP contribution in [0.2, 0.25) is 0 Å². The van der Waals surface area contributed by atoms with Gasteiger partial charge in [-0.2, -0.15) is 13.2 Å². The molecule has 1 aliphatic rings. The number of rotatable bonds is 0. The SMILES string of the molecule is CC.CC1Cc2cc(C(F)(F)F)ccc2N(C)C1. The van der Waals surface area contributed by atoms with Gasteiger partial charge >= 0.3 is 6.18 Å². The maximum absolute atomic E-state index is 12.5. The van der Waals surface area contributed by atoms with Crippen molar-refractivity contribution in [2.45, 2.75) is 33.4 Å². The summed E-state index contributed by atoms with van der Waals surface area (Å²) in [5.74, 6) is 0.404. The Morgan fingerprint density at radius 3 is 2.39 bits per heavy atom. The van der Waals surface area contributed by atoms with E-state index >= 15 is 0 Å². The van der Waals surface area contributed by atoms with Crippen LogP contribution in [-0.2, 0) is 12.6 Å². The van der Waals surface area contributed by atoms with Crippen molar-refractivity contribution in [1.82, 2.24) is 0 Å². The Bertz CT molecular complexity index is 399. The van der Waals surface area contributed by atoms with Crippen LogP contribution < -0.4 is 4.90 Å². The van der Waals surface area contributed by atoms with Crippen molar-refractivity contribution >= 4 is 5.69 Å². The second-order valence-corrected chi connectivity index (χ2v) is 4.53. The fourth-order valence-electron chi connectivity index (χ4n) is 2.30. The van der Waals surface area contributed by atoms with Gasteiger partial charge in [0.05, 0.1) is 5.56 Å². The summed E-state index contributed by atoms with van der Waals surface area (Å²) in [6, 6.07) is 4.01. The Balaban J connectivity index is 0.000000771. The Labute approximate surface area is 107 Å². The fraction of sp³-hybridized carbons (Fsp3) is 0.571. The molecule has 1 aliphatic heterocycles. The first-order chi connectivity index (χ1) is 8.38. The molecule has 0 saturated heterocycles. The van der Waals surface area contributed by atoms with Crippen LogP contribution in [-0.4, -0.2) is 13.6 Å². The highest BCUT2D eigenvalue weighted by Crippen LogP contribution is 2.35. The molecule has 1 atom stereocenters. The summed E-state index contributed by atoms with van der Waals surface area (Å²) in [4.78, 5) is 2.02. The summed E-state index contributed by atoms with van der Waals surface area (Å²) in [7, 11) is 1.92. The molecule has 1 aromatic rings. The van der Waals surface area contributed by atoms with Crippen molar-refractivity contribution in [1.29, 1.82) is 0 Å². The van der Waals surface area contributed by atoms with Crippen LogP contribution in [0.4, 0.5) is 18.9 Å². The second kappa shape index (κ2) is 5.63. The van der Waals surface area contributed by atoms with Crippen LogP contribution in [0.1, 0.15) is 31.9 Å². The van der Waals surface area contributed by atoms with Crippen LogP contribution in [0.15, 0.2) is 18.2 Å². The van der Waals surface area contributed by atoms with E-state index in [1.165, 1.54) is 6.07 Å². The van der Waals surface area contributed by atoms with Crippen molar-refractivity contribution in [2.24, 2.45) is 5.92 Å². The number of hydrogen-bond acceptors (Lipinski definition) is 1. The van der Waals surface area contributed by atoms with Gasteiger partial charge in [0.1, 0.15) is 0 Å². The van der Waals surface area contributed by atoms with E-state index in [9.17, 15) is 13.2 Å². The molecule has 102 valence electrons. The number of hydrogen-bond donors (Lipinski definition) is 0. The Kier molecular flexibility index (Phi) is 4.65. The van der Waals surface area contributed by atoms with Gasteiger partial charge in [0.25, 0.3) is 0 Å². The van der Waals surface area contributed by atoms with Crippen LogP contribution in [0.3, 0.4) is 0 Å². The Morgan fingerprint density at radius 1 is 1.22 bits per heavy atom. The highest BCUT2D eigenvalue weighted by molar-refractivity contribution is 5.56. The molecule has 0 spiro atoms. The van der Waals surface area contributed by atoms with E-state index in [0.29, 0.717) is 5.92 Å². The number of anilines is 1. The van der Waals surface area contributed by atoms with Gasteiger partial charge in [0, 0.05) is 19.3 Å². The molecule has 2 rings (SSSR count). The summed E-state index contributed by atoms with van der Waals surface area (Å²) < 4.78 is 37.6. The molecule has 0 radical (unpaired) electrons. The largest absolute Gasteiger partial charge is 0.416 e. The minimum absolute atomic E-state index is 0.404. The second-order valence-electron chi connectivity index (χ2n) is 4.53. The molecule has 0 amide bonds. The maximum atomic E-state index is 12.5. The minimum atomic E-state index is -4.24. The van der Waals surface area contributed by atoms with Crippen LogP contribution in [0.25, 0.3) is 0 Å². The van der Waals surface area contributed by atoms with Gasteiger partial charge in [-0.05, 0) is 36.1 Å². The zero-order chi connectivity index (χ0) is 13.9. The molecule has 1 heterocycles. The number of alkyl halides is 3. The van der Waals surface area contributed by atoms with E-state index in [2.05, 4.69) is 6.92 Å². The molecule has 0 bridgehead atoms. The highest BCUT2D eigenvalue weighted by atomic mass is 19.4. The summed E-state index contributed by atoms with van der Waals surface area (Å²) in [5, 5.41) is 0. The first kappa shape index (κ1) is 14.9. The smallest absolute Gasteiger partial charge is 0.374 e. The summed E-state index contributed by atoms with van der Waals surface area (Å²) in [6.07, 6.45) is -3.52. The lowest BCUT2D eigenvalue weighted by Crippen LogP contribution is -2.30. The molecule has 0 aliphatic carbocycles. The fourth-order valence-corrected chi connectivity index (χ4v) is 2.30. The lowest BCUT2D eigenvalue weighted by atomic mass is 9.93. The monoisotopic (exact) mass is 259 g/mol. The molecule has 4 heteroatoms. The van der Waals surface area contributed by atoms with E-state index in [1.54, 1.807) is 6.07 Å². The average Bonchev–Trinajstić information content (AvgIpc) is 2.29. The predicted molar refractivity (Wildman–Crippen MR) is 68.9 cm³/mol. The minimum Gasteiger partial charge on any atom is -0.374 e. The summed E-state index contributed by atoms with van der Waals surface area (Å²) >= 11 is 0. The lowest BCUT2D eigenvalue weighted by molar-refractivity contribution is -0.137. The molecular weight excluding hydrogens is 239 g/mol. The van der Waals surface area contributed by atoms with E-state index in [-0.39, 0.29) is 0 Å². The number of halogens is 3. The van der Waals surface area contributed by atoms with Gasteiger partial charge in [-0.3, -0.25) is 0 Å². The molecule has 1 aromatic carbocycles. The normalized spacial score (nSPS) is 18.8. The van der Waals surface area contributed by atoms with Gasteiger partial charge in [-0.1, -0.05) is 20.8 Å². The molecule has 1 nitrogen and oxygen atoms in total. The quantitative estimate of drug-likeness (QED) is 0.669. The first-order valence-corrected chi connectivity index (χ1v) is 6.29. The van der Waals surface area contributed by atoms with Crippen molar-refractivity contribution in [3.63, 3.8) is 0 Å². The van der Waals surface area contributed by atoms with Gasteiger partial charge in [0.15, 0.2) is 0 Å². The van der Waals surface area contributed by atoms with Crippen molar-refractivity contribution < 1.29 is 13.2 Å². The third-order valence-electron chi connectivity index (χ3n) is 2.97. The summed E-state index contributed by atoms with van der Waals surface area (Å²) in [5.41, 5.74) is 1.18. The molecule has 0 N–H and O–H groups in total. The highest BCUT2D eigenvalue weighted by Gasteiger charge is 2.32. The predicted octanol–water partition coefficient (Wildman–Crippen LogP) is 4.36. The van der Waals surface area contributed by atoms with Crippen molar-refractivity contribution in [2.75, 3.05) is 18.5 Å². The van der Waals surface area contributed by atoms with Crippen molar-refractivity contribution in [3.05, 3.63) is 29.3 Å². The van der Waals surface area contributed by atoms with Gasteiger partial charge in [-0.25, -0.2) is 0 Å². The van der Waals surface area contributed by atoms with E-state index in [0.717, 1.165) is 30.3 Å². The molecule has 0 saturated carbocycles. The molecular formula is C14H20F3N. The average molecular weight is 259 g/mol. The zero-order valence-electron chi connectivity index (χ0n) is 11.3. The number of nitrogens with zero attached hydrogens (tertiary/aromatic N) is 1. The van der Waals surface area contributed by atoms with Crippen LogP contribution in [0.5, 0.6) is 0 Å². The van der Waals surface area contributed by atoms with E-state index in [4.69, 9.17) is 0 Å². The standard InChI is InChI=1S/C12H14F3N.C2H6/c1-8-5-9-6-10(12(13,14)15)3-4-11(9)16(2)7-8;1-2/h3-4,6,8H,5,7H2,1-2H3;1-2H3. The topological polar surface area (TPSA) is 3.24 Å². The number of benzene rings is 1. The zero-order valence-corrected chi connectivity index (χ0v) is 11.3. The van der Waals surface area contributed by atoms with Gasteiger partial charge < -0.3 is 4.90 Å². The molecule has 18 heavy (non-hydrogen) atoms. The van der Waals surface area contributed by atoms with E-state index in [1.807, 2.05) is 25.8 Å². The summed E-state index contributed by atoms with van der Waals surface area (Å²) in [6.45, 7) is 6.96. The molecule has 1 unspecified atom stereocenters. The first-order valence-electron chi connectivity index (χ1n) is 6.29. The van der Waals surface area contributed by atoms with Gasteiger partial charge in [0.2, 0.25) is 0 Å². The lowest BCUT2D eigenvalue weighted by Gasteiger charge is -2.32. The van der Waals surface area contributed by atoms with Gasteiger partial charge in [-0.15, -0.1) is 0 Å². The molecule has 0 fully saturated rings. The Morgan fingerprint density at radius 2 is 1.83 bits per heavy atom. The van der Waals surface area contributed by atoms with Crippen molar-refractivity contribution in [3.8, 4) is 0 Å². The van der Waals surface area contributed by atoms with Crippen LogP contribution in [0, 0.1) is 5.92 Å². The third kappa shape index (κ3) is 3.18. The maximum Gasteiger partial charge on any atom is 0.416 e. The van der Waals surface area contributed by atoms with Crippen LogP contribution >= 0.6 is 0 Å². The van der Waals surface area contributed by atoms with E-state index < -0.39 is 11.7 Å². The number of fused-ring (bicyclic) bond motifs is 1. The Hall–Kier alpha value is -1.19. The molecule has 0 aromatic heterocycles.